The fourth-order valence-electron chi connectivity index (χ4n) is 1.76. The van der Waals surface area contributed by atoms with Gasteiger partial charge in [0, 0.05) is 18.0 Å². The fraction of sp³-hybridized carbons (Fsp3) is 0.167. The van der Waals surface area contributed by atoms with Crippen molar-refractivity contribution >= 4 is 17.4 Å². The second-order valence-corrected chi connectivity index (χ2v) is 4.18. The van der Waals surface area contributed by atoms with Crippen molar-refractivity contribution in [3.63, 3.8) is 0 Å². The molecule has 0 fully saturated rings. The highest BCUT2D eigenvalue weighted by molar-refractivity contribution is 6.31. The summed E-state index contributed by atoms with van der Waals surface area (Å²) in [6, 6.07) is 4.92. The summed E-state index contributed by atoms with van der Waals surface area (Å²) >= 11 is 6.07. The number of pyridine rings is 2. The molecule has 0 aromatic carbocycles. The van der Waals surface area contributed by atoms with Crippen molar-refractivity contribution in [2.24, 2.45) is 5.73 Å². The maximum Gasteiger partial charge on any atom is 0.128 e. The maximum atomic E-state index is 6.15. The average molecular weight is 249 g/mol. The zero-order chi connectivity index (χ0) is 12.4. The van der Waals surface area contributed by atoms with Crippen LogP contribution in [0.15, 0.2) is 30.6 Å². The molecule has 0 saturated carbocycles. The second kappa shape index (κ2) is 4.69. The number of nitrogens with zero attached hydrogens (tertiary/aromatic N) is 2. The van der Waals surface area contributed by atoms with Crippen molar-refractivity contribution in [2.75, 3.05) is 5.73 Å². The van der Waals surface area contributed by atoms with Gasteiger partial charge in [-0.3, -0.25) is 4.98 Å². The first-order chi connectivity index (χ1) is 8.11. The minimum atomic E-state index is -0.461. The second-order valence-electron chi connectivity index (χ2n) is 3.77. The van der Waals surface area contributed by atoms with Crippen LogP contribution in [0.4, 0.5) is 5.82 Å². The van der Waals surface area contributed by atoms with E-state index < -0.39 is 6.04 Å². The Morgan fingerprint density at radius 3 is 2.65 bits per heavy atom. The molecule has 4 nitrogen and oxygen atoms in total. The summed E-state index contributed by atoms with van der Waals surface area (Å²) in [5.74, 6) is 0.416. The normalized spacial score (nSPS) is 12.4. The van der Waals surface area contributed by atoms with Crippen LogP contribution in [0.3, 0.4) is 0 Å². The molecule has 17 heavy (non-hydrogen) atoms. The highest BCUT2D eigenvalue weighted by Gasteiger charge is 2.18. The molecule has 0 bridgehead atoms. The molecule has 0 spiro atoms. The van der Waals surface area contributed by atoms with Crippen LogP contribution >= 0.6 is 11.6 Å². The van der Waals surface area contributed by atoms with Crippen LogP contribution < -0.4 is 11.5 Å². The quantitative estimate of drug-likeness (QED) is 0.853. The lowest BCUT2D eigenvalue weighted by molar-refractivity contribution is 0.819. The van der Waals surface area contributed by atoms with E-state index in [0.717, 1.165) is 11.1 Å². The van der Waals surface area contributed by atoms with E-state index in [9.17, 15) is 0 Å². The highest BCUT2D eigenvalue weighted by atomic mass is 35.5. The smallest absolute Gasteiger partial charge is 0.128 e. The maximum absolute atomic E-state index is 6.15. The summed E-state index contributed by atoms with van der Waals surface area (Å²) in [6.45, 7) is 1.93. The molecule has 0 saturated heterocycles. The first-order valence-electron chi connectivity index (χ1n) is 5.18. The van der Waals surface area contributed by atoms with Crippen LogP contribution in [0.1, 0.15) is 22.9 Å². The van der Waals surface area contributed by atoms with Crippen LogP contribution in [0.5, 0.6) is 0 Å². The number of aryl methyl sites for hydroxylation is 1. The van der Waals surface area contributed by atoms with Gasteiger partial charge in [0.05, 0.1) is 16.8 Å². The van der Waals surface area contributed by atoms with Crippen LogP contribution in [0.25, 0.3) is 0 Å². The van der Waals surface area contributed by atoms with Crippen molar-refractivity contribution in [3.05, 3.63) is 52.4 Å². The summed E-state index contributed by atoms with van der Waals surface area (Å²) in [7, 11) is 0. The molecule has 0 aliphatic rings. The van der Waals surface area contributed by atoms with E-state index in [1.807, 2.05) is 13.0 Å². The first kappa shape index (κ1) is 11.8. The highest BCUT2D eigenvalue weighted by Crippen LogP contribution is 2.28. The van der Waals surface area contributed by atoms with Gasteiger partial charge < -0.3 is 11.5 Å². The Hall–Kier alpha value is -1.65. The van der Waals surface area contributed by atoms with E-state index in [4.69, 9.17) is 23.1 Å². The van der Waals surface area contributed by atoms with E-state index >= 15 is 0 Å². The van der Waals surface area contributed by atoms with E-state index in [2.05, 4.69) is 9.97 Å². The lowest BCUT2D eigenvalue weighted by atomic mass is 10.00. The van der Waals surface area contributed by atoms with Crippen LogP contribution in [0.2, 0.25) is 5.02 Å². The van der Waals surface area contributed by atoms with Crippen molar-refractivity contribution in [1.29, 1.82) is 0 Å². The van der Waals surface area contributed by atoms with E-state index in [1.165, 1.54) is 0 Å². The Kier molecular flexibility index (Phi) is 3.26. The number of nitrogen functional groups attached to an aromatic ring is 1. The Morgan fingerprint density at radius 2 is 2.00 bits per heavy atom. The van der Waals surface area contributed by atoms with Gasteiger partial charge in [-0.2, -0.15) is 0 Å². The molecular formula is C12H13ClN4. The van der Waals surface area contributed by atoms with Crippen LogP contribution in [-0.4, -0.2) is 9.97 Å². The largest absolute Gasteiger partial charge is 0.383 e. The van der Waals surface area contributed by atoms with Crippen molar-refractivity contribution in [2.45, 2.75) is 13.0 Å². The molecule has 0 aliphatic carbocycles. The molecule has 2 aromatic rings. The molecule has 88 valence electrons. The summed E-state index contributed by atoms with van der Waals surface area (Å²) in [6.07, 6.45) is 3.31. The van der Waals surface area contributed by atoms with Gasteiger partial charge in [0.1, 0.15) is 5.82 Å². The van der Waals surface area contributed by atoms with E-state index in [0.29, 0.717) is 16.5 Å². The first-order valence-corrected chi connectivity index (χ1v) is 5.56. The molecular weight excluding hydrogens is 236 g/mol. The number of rotatable bonds is 2. The Balaban J connectivity index is 2.51. The third-order valence-electron chi connectivity index (χ3n) is 2.63. The summed E-state index contributed by atoms with van der Waals surface area (Å²) < 4.78 is 0. The van der Waals surface area contributed by atoms with Gasteiger partial charge in [0.2, 0.25) is 0 Å². The Bertz CT molecular complexity index is 522. The van der Waals surface area contributed by atoms with E-state index in [1.54, 1.807) is 24.5 Å². The molecule has 2 heterocycles. The molecule has 1 unspecified atom stereocenters. The summed E-state index contributed by atoms with van der Waals surface area (Å²) in [4.78, 5) is 8.24. The molecule has 2 aromatic heterocycles. The minimum Gasteiger partial charge on any atom is -0.383 e. The number of anilines is 1. The van der Waals surface area contributed by atoms with Gasteiger partial charge in [-0.15, -0.1) is 0 Å². The van der Waals surface area contributed by atoms with Gasteiger partial charge in [0.15, 0.2) is 0 Å². The Morgan fingerprint density at radius 1 is 1.24 bits per heavy atom. The molecule has 5 heteroatoms. The molecule has 0 aliphatic heterocycles. The van der Waals surface area contributed by atoms with Crippen molar-refractivity contribution in [1.82, 2.24) is 9.97 Å². The zero-order valence-electron chi connectivity index (χ0n) is 9.39. The molecule has 0 amide bonds. The van der Waals surface area contributed by atoms with Gasteiger partial charge in [0.25, 0.3) is 0 Å². The third-order valence-corrected chi connectivity index (χ3v) is 2.95. The predicted octanol–water partition coefficient (Wildman–Crippen LogP) is 2.07. The van der Waals surface area contributed by atoms with E-state index in [-0.39, 0.29) is 0 Å². The number of halogens is 1. The summed E-state index contributed by atoms with van der Waals surface area (Å²) in [5.41, 5.74) is 14.4. The monoisotopic (exact) mass is 248 g/mol. The number of nitrogens with two attached hydrogens (primary N) is 2. The third kappa shape index (κ3) is 2.23. The average Bonchev–Trinajstić information content (AvgIpc) is 2.29. The lowest BCUT2D eigenvalue weighted by Gasteiger charge is -2.16. The van der Waals surface area contributed by atoms with Gasteiger partial charge in [-0.05, 0) is 30.7 Å². The van der Waals surface area contributed by atoms with Crippen molar-refractivity contribution in [3.8, 4) is 0 Å². The zero-order valence-corrected chi connectivity index (χ0v) is 10.1. The molecule has 2 rings (SSSR count). The van der Waals surface area contributed by atoms with Crippen LogP contribution in [-0.2, 0) is 0 Å². The molecule has 1 atom stereocenters. The topological polar surface area (TPSA) is 77.8 Å². The molecule has 0 radical (unpaired) electrons. The Labute approximate surface area is 105 Å². The fourth-order valence-corrected chi connectivity index (χ4v) is 2.00. The number of hydrogen-bond donors (Lipinski definition) is 2. The standard InChI is InChI=1S/C12H13ClN4/c1-7-4-6-17-12(15)9(7)10(14)11-8(13)3-2-5-16-11/h2-6,10H,14H2,1H3,(H2,15,17). The van der Waals surface area contributed by atoms with Crippen molar-refractivity contribution < 1.29 is 0 Å². The van der Waals surface area contributed by atoms with Gasteiger partial charge in [-0.25, -0.2) is 4.98 Å². The lowest BCUT2D eigenvalue weighted by Crippen LogP contribution is -2.17. The SMILES string of the molecule is Cc1ccnc(N)c1C(N)c1ncccc1Cl. The minimum absolute atomic E-state index is 0.416. The predicted molar refractivity (Wildman–Crippen MR) is 68.7 cm³/mol. The van der Waals surface area contributed by atoms with Crippen LogP contribution in [0, 0.1) is 6.92 Å². The summed E-state index contributed by atoms with van der Waals surface area (Å²) in [5, 5.41) is 0.530. The van der Waals surface area contributed by atoms with Gasteiger partial charge in [-0.1, -0.05) is 11.6 Å². The number of hydrogen-bond acceptors (Lipinski definition) is 4. The van der Waals surface area contributed by atoms with Gasteiger partial charge >= 0.3 is 0 Å². The molecule has 4 N–H and O–H groups in total. The number of aromatic nitrogens is 2.